The van der Waals surface area contributed by atoms with Crippen molar-refractivity contribution in [3.8, 4) is 0 Å². The second-order valence-electron chi connectivity index (χ2n) is 3.17. The third-order valence-electron chi connectivity index (χ3n) is 2.18. The minimum atomic E-state index is -0.671. The van der Waals surface area contributed by atoms with Crippen molar-refractivity contribution in [1.82, 2.24) is 5.16 Å². The van der Waals surface area contributed by atoms with E-state index in [4.69, 9.17) is 15.0 Å². The number of rotatable bonds is 4. The lowest BCUT2D eigenvalue weighted by Crippen LogP contribution is -2.35. The van der Waals surface area contributed by atoms with E-state index in [-0.39, 0.29) is 12.5 Å². The van der Waals surface area contributed by atoms with Gasteiger partial charge in [0.2, 0.25) is 5.88 Å². The lowest BCUT2D eigenvalue weighted by Gasteiger charge is -2.11. The predicted molar refractivity (Wildman–Crippen MR) is 54.5 cm³/mol. The number of methoxy groups -OCH3 is 1. The van der Waals surface area contributed by atoms with Crippen LogP contribution in [-0.4, -0.2) is 30.8 Å². The number of nitrogens with zero attached hydrogens (tertiary/aromatic N) is 1. The van der Waals surface area contributed by atoms with Gasteiger partial charge in [-0.3, -0.25) is 10.1 Å². The Bertz CT molecular complexity index is 344. The van der Waals surface area contributed by atoms with Gasteiger partial charge in [0.1, 0.15) is 6.10 Å². The molecule has 0 fully saturated rings. The van der Waals surface area contributed by atoms with Crippen LogP contribution in [0.5, 0.6) is 0 Å². The first-order valence-corrected chi connectivity index (χ1v) is 4.56. The molecule has 0 aliphatic carbocycles. The molecule has 1 rings (SSSR count). The predicted octanol–water partition coefficient (Wildman–Crippen LogP) is 0.204. The Labute approximate surface area is 87.8 Å². The molecule has 1 heterocycles. The topological polar surface area (TPSA) is 90.4 Å². The van der Waals surface area contributed by atoms with Crippen molar-refractivity contribution in [2.45, 2.75) is 20.0 Å². The minimum Gasteiger partial charge on any atom is -0.370 e. The van der Waals surface area contributed by atoms with E-state index in [2.05, 4.69) is 10.5 Å². The summed E-state index contributed by atoms with van der Waals surface area (Å²) in [5.41, 5.74) is 6.89. The third kappa shape index (κ3) is 2.54. The number of nitrogens with two attached hydrogens (primary N) is 1. The van der Waals surface area contributed by atoms with Gasteiger partial charge in [-0.25, -0.2) is 0 Å². The first kappa shape index (κ1) is 11.7. The van der Waals surface area contributed by atoms with Crippen LogP contribution in [0.3, 0.4) is 0 Å². The molecule has 0 aliphatic heterocycles. The molecule has 1 amide bonds. The average molecular weight is 213 g/mol. The largest absolute Gasteiger partial charge is 0.370 e. The van der Waals surface area contributed by atoms with Crippen LogP contribution in [0.25, 0.3) is 0 Å². The van der Waals surface area contributed by atoms with E-state index < -0.39 is 6.10 Å². The lowest BCUT2D eigenvalue weighted by molar-refractivity contribution is -0.125. The summed E-state index contributed by atoms with van der Waals surface area (Å²) in [5.74, 6) is 0.00671. The zero-order chi connectivity index (χ0) is 11.4. The second kappa shape index (κ2) is 4.90. The summed E-state index contributed by atoms with van der Waals surface area (Å²) in [6, 6.07) is 0. The average Bonchev–Trinajstić information content (AvgIpc) is 2.52. The molecule has 15 heavy (non-hydrogen) atoms. The van der Waals surface area contributed by atoms with Gasteiger partial charge in [-0.1, -0.05) is 5.16 Å². The van der Waals surface area contributed by atoms with Crippen molar-refractivity contribution in [1.29, 1.82) is 0 Å². The molecule has 3 N–H and O–H groups in total. The van der Waals surface area contributed by atoms with Gasteiger partial charge in [-0.15, -0.1) is 0 Å². The molecule has 6 heteroatoms. The third-order valence-corrected chi connectivity index (χ3v) is 2.18. The van der Waals surface area contributed by atoms with Gasteiger partial charge in [0.15, 0.2) is 0 Å². The number of hydrogen-bond acceptors (Lipinski definition) is 5. The van der Waals surface area contributed by atoms with E-state index in [1.54, 1.807) is 6.92 Å². The van der Waals surface area contributed by atoms with Crippen LogP contribution < -0.4 is 11.1 Å². The minimum absolute atomic E-state index is 0.120. The van der Waals surface area contributed by atoms with Gasteiger partial charge in [0, 0.05) is 19.2 Å². The van der Waals surface area contributed by atoms with Gasteiger partial charge < -0.3 is 15.0 Å². The summed E-state index contributed by atoms with van der Waals surface area (Å²) in [7, 11) is 1.43. The highest BCUT2D eigenvalue weighted by atomic mass is 16.5. The second-order valence-corrected chi connectivity index (χ2v) is 3.17. The molecule has 1 aromatic heterocycles. The van der Waals surface area contributed by atoms with Gasteiger partial charge in [0.05, 0.1) is 5.69 Å². The molecule has 0 saturated heterocycles. The van der Waals surface area contributed by atoms with Crippen molar-refractivity contribution in [3.05, 3.63) is 11.3 Å². The SMILES string of the molecule is COC(CN)C(=O)Nc1onc(C)c1C. The van der Waals surface area contributed by atoms with Crippen LogP contribution in [0.2, 0.25) is 0 Å². The number of carbonyl (C=O) groups excluding carboxylic acids is 1. The van der Waals surface area contributed by atoms with E-state index >= 15 is 0 Å². The van der Waals surface area contributed by atoms with Gasteiger partial charge in [-0.05, 0) is 13.8 Å². The van der Waals surface area contributed by atoms with E-state index in [9.17, 15) is 4.79 Å². The van der Waals surface area contributed by atoms with Gasteiger partial charge in [0.25, 0.3) is 5.91 Å². The standard InChI is InChI=1S/C9H15N3O3/c1-5-6(2)12-15-9(5)11-8(13)7(4-10)14-3/h7H,4,10H2,1-3H3,(H,11,13). The van der Waals surface area contributed by atoms with E-state index in [0.29, 0.717) is 5.88 Å². The molecule has 0 bridgehead atoms. The quantitative estimate of drug-likeness (QED) is 0.745. The number of nitrogens with one attached hydrogen (secondary N) is 1. The molecule has 1 unspecified atom stereocenters. The maximum atomic E-state index is 11.5. The smallest absolute Gasteiger partial charge is 0.257 e. The first-order chi connectivity index (χ1) is 7.10. The monoisotopic (exact) mass is 213 g/mol. The van der Waals surface area contributed by atoms with Gasteiger partial charge >= 0.3 is 0 Å². The summed E-state index contributed by atoms with van der Waals surface area (Å²) in [4.78, 5) is 11.5. The number of aryl methyl sites for hydroxylation is 1. The molecule has 0 spiro atoms. The first-order valence-electron chi connectivity index (χ1n) is 4.56. The highest BCUT2D eigenvalue weighted by Crippen LogP contribution is 2.17. The van der Waals surface area contributed by atoms with E-state index in [1.807, 2.05) is 6.92 Å². The van der Waals surface area contributed by atoms with Crippen LogP contribution >= 0.6 is 0 Å². The fourth-order valence-electron chi connectivity index (χ4n) is 1.03. The Hall–Kier alpha value is -1.40. The molecule has 0 saturated carbocycles. The summed E-state index contributed by atoms with van der Waals surface area (Å²) < 4.78 is 9.81. The van der Waals surface area contributed by atoms with Crippen molar-refractivity contribution in [2.24, 2.45) is 5.73 Å². The number of hydrogen-bond donors (Lipinski definition) is 2. The molecule has 6 nitrogen and oxygen atoms in total. The van der Waals surface area contributed by atoms with Crippen molar-refractivity contribution >= 4 is 11.8 Å². The Kier molecular flexibility index (Phi) is 3.81. The van der Waals surface area contributed by atoms with Crippen molar-refractivity contribution in [3.63, 3.8) is 0 Å². The number of anilines is 1. The zero-order valence-electron chi connectivity index (χ0n) is 9.03. The van der Waals surface area contributed by atoms with Crippen LogP contribution in [-0.2, 0) is 9.53 Å². The van der Waals surface area contributed by atoms with Gasteiger partial charge in [-0.2, -0.15) is 0 Å². The summed E-state index contributed by atoms with van der Waals surface area (Å²) in [5, 5.41) is 6.28. The highest BCUT2D eigenvalue weighted by Gasteiger charge is 2.19. The zero-order valence-corrected chi connectivity index (χ0v) is 9.03. The van der Waals surface area contributed by atoms with Crippen LogP contribution in [0, 0.1) is 13.8 Å². The Balaban J connectivity index is 2.70. The molecule has 1 atom stereocenters. The molecule has 0 aliphatic rings. The number of aromatic nitrogens is 1. The van der Waals surface area contributed by atoms with E-state index in [0.717, 1.165) is 11.3 Å². The van der Waals surface area contributed by atoms with Crippen molar-refractivity contribution < 1.29 is 14.1 Å². The van der Waals surface area contributed by atoms with Crippen LogP contribution in [0.1, 0.15) is 11.3 Å². The molecule has 1 aromatic rings. The van der Waals surface area contributed by atoms with E-state index in [1.165, 1.54) is 7.11 Å². The molecular weight excluding hydrogens is 198 g/mol. The fourth-order valence-corrected chi connectivity index (χ4v) is 1.03. The Morgan fingerprint density at radius 2 is 2.33 bits per heavy atom. The lowest BCUT2D eigenvalue weighted by atomic mass is 10.2. The van der Waals surface area contributed by atoms with Crippen LogP contribution in [0.4, 0.5) is 5.88 Å². The summed E-state index contributed by atoms with van der Waals surface area (Å²) in [6.07, 6.45) is -0.671. The number of carbonyl (C=O) groups is 1. The number of ether oxygens (including phenoxy) is 1. The normalized spacial score (nSPS) is 12.5. The number of amides is 1. The summed E-state index contributed by atoms with van der Waals surface area (Å²) in [6.45, 7) is 3.73. The molecule has 0 radical (unpaired) electrons. The summed E-state index contributed by atoms with van der Waals surface area (Å²) >= 11 is 0. The Morgan fingerprint density at radius 1 is 1.67 bits per heavy atom. The maximum absolute atomic E-state index is 11.5. The van der Waals surface area contributed by atoms with Crippen molar-refractivity contribution in [2.75, 3.05) is 19.0 Å². The van der Waals surface area contributed by atoms with Crippen LogP contribution in [0.15, 0.2) is 4.52 Å². The Morgan fingerprint density at radius 3 is 2.73 bits per heavy atom. The highest BCUT2D eigenvalue weighted by molar-refractivity contribution is 5.93. The maximum Gasteiger partial charge on any atom is 0.257 e. The fraction of sp³-hybridized carbons (Fsp3) is 0.556. The molecule has 0 aromatic carbocycles. The molecule has 84 valence electrons. The molecular formula is C9H15N3O3.